The summed E-state index contributed by atoms with van der Waals surface area (Å²) in [5.74, 6) is 1.20. The molecule has 4 heteroatoms. The number of benzene rings is 1. The normalized spacial score (nSPS) is 27.4. The van der Waals surface area contributed by atoms with Crippen molar-refractivity contribution in [3.63, 3.8) is 0 Å². The SMILES string of the molecule is COc1ccc(C=O)c2c1O[C@H]1CCC=C[C@@]21CO. The van der Waals surface area contributed by atoms with Gasteiger partial charge in [-0.15, -0.1) is 0 Å². The fourth-order valence-corrected chi connectivity index (χ4v) is 3.13. The highest BCUT2D eigenvalue weighted by Crippen LogP contribution is 2.52. The molecule has 0 saturated heterocycles. The van der Waals surface area contributed by atoms with Crippen LogP contribution in [0.4, 0.5) is 0 Å². The number of rotatable bonds is 3. The number of aliphatic hydroxyl groups excluding tert-OH is 1. The summed E-state index contributed by atoms with van der Waals surface area (Å²) >= 11 is 0. The zero-order valence-electron chi connectivity index (χ0n) is 10.8. The summed E-state index contributed by atoms with van der Waals surface area (Å²) in [7, 11) is 1.57. The molecule has 1 N–H and O–H groups in total. The number of aliphatic hydroxyl groups is 1. The van der Waals surface area contributed by atoms with Gasteiger partial charge in [-0.25, -0.2) is 0 Å². The van der Waals surface area contributed by atoms with Gasteiger partial charge in [-0.05, 0) is 25.0 Å². The van der Waals surface area contributed by atoms with Gasteiger partial charge < -0.3 is 14.6 Å². The Kier molecular flexibility index (Phi) is 2.82. The van der Waals surface area contributed by atoms with Crippen LogP contribution in [0, 0.1) is 0 Å². The fraction of sp³-hybridized carbons (Fsp3) is 0.400. The summed E-state index contributed by atoms with van der Waals surface area (Å²) < 4.78 is 11.3. The highest BCUT2D eigenvalue weighted by Gasteiger charge is 2.50. The first-order valence-electron chi connectivity index (χ1n) is 6.38. The van der Waals surface area contributed by atoms with Gasteiger partial charge in [0.05, 0.1) is 19.1 Å². The summed E-state index contributed by atoms with van der Waals surface area (Å²) in [4.78, 5) is 11.3. The monoisotopic (exact) mass is 260 g/mol. The highest BCUT2D eigenvalue weighted by molar-refractivity contribution is 5.82. The van der Waals surface area contributed by atoms with Crippen LogP contribution in [-0.4, -0.2) is 31.2 Å². The Morgan fingerprint density at radius 1 is 1.58 bits per heavy atom. The quantitative estimate of drug-likeness (QED) is 0.665. The van der Waals surface area contributed by atoms with Crippen molar-refractivity contribution in [1.29, 1.82) is 0 Å². The molecule has 0 radical (unpaired) electrons. The van der Waals surface area contributed by atoms with E-state index in [-0.39, 0.29) is 12.7 Å². The molecule has 0 spiro atoms. The van der Waals surface area contributed by atoms with Crippen molar-refractivity contribution in [1.82, 2.24) is 0 Å². The average Bonchev–Trinajstić information content (AvgIpc) is 2.82. The lowest BCUT2D eigenvalue weighted by molar-refractivity contribution is 0.103. The summed E-state index contributed by atoms with van der Waals surface area (Å²) in [6, 6.07) is 3.45. The maximum atomic E-state index is 11.3. The molecule has 19 heavy (non-hydrogen) atoms. The molecular formula is C15H16O4. The summed E-state index contributed by atoms with van der Waals surface area (Å²) in [5, 5.41) is 9.89. The number of ether oxygens (including phenoxy) is 2. The van der Waals surface area contributed by atoms with Crippen LogP contribution in [-0.2, 0) is 5.41 Å². The van der Waals surface area contributed by atoms with E-state index in [9.17, 15) is 9.90 Å². The van der Waals surface area contributed by atoms with Gasteiger partial charge in [0.25, 0.3) is 0 Å². The number of fused-ring (bicyclic) bond motifs is 3. The van der Waals surface area contributed by atoms with E-state index in [1.54, 1.807) is 19.2 Å². The van der Waals surface area contributed by atoms with E-state index in [1.165, 1.54) is 0 Å². The number of aldehydes is 1. The van der Waals surface area contributed by atoms with E-state index in [1.807, 2.05) is 12.2 Å². The van der Waals surface area contributed by atoms with Gasteiger partial charge >= 0.3 is 0 Å². The molecule has 1 heterocycles. The molecule has 0 saturated carbocycles. The Bertz CT molecular complexity index is 549. The van der Waals surface area contributed by atoms with E-state index < -0.39 is 5.41 Å². The van der Waals surface area contributed by atoms with Crippen LogP contribution in [0.25, 0.3) is 0 Å². The highest BCUT2D eigenvalue weighted by atomic mass is 16.5. The first-order valence-corrected chi connectivity index (χ1v) is 6.38. The summed E-state index contributed by atoms with van der Waals surface area (Å²) in [6.45, 7) is -0.0742. The maximum Gasteiger partial charge on any atom is 0.166 e. The molecule has 100 valence electrons. The van der Waals surface area contributed by atoms with Gasteiger partial charge in [0.15, 0.2) is 17.8 Å². The van der Waals surface area contributed by atoms with Gasteiger partial charge in [0.2, 0.25) is 0 Å². The molecule has 1 aliphatic carbocycles. The lowest BCUT2D eigenvalue weighted by Gasteiger charge is -2.32. The number of hydrogen-bond donors (Lipinski definition) is 1. The standard InChI is InChI=1S/C15H16O4/c1-18-11-6-5-10(8-16)13-14(11)19-12-4-2-3-7-15(12,13)9-17/h3,5-8,12,17H,2,4,9H2,1H3/t12-,15-/m0/s1. The molecule has 2 atom stereocenters. The van der Waals surface area contributed by atoms with Crippen LogP contribution >= 0.6 is 0 Å². The minimum atomic E-state index is -0.613. The summed E-state index contributed by atoms with van der Waals surface area (Å²) in [5.41, 5.74) is 0.697. The lowest BCUT2D eigenvalue weighted by Crippen LogP contribution is -2.41. The van der Waals surface area contributed by atoms with Crippen LogP contribution in [0.3, 0.4) is 0 Å². The molecule has 0 unspecified atom stereocenters. The van der Waals surface area contributed by atoms with Crippen LogP contribution in [0.2, 0.25) is 0 Å². The van der Waals surface area contributed by atoms with Crippen molar-refractivity contribution in [3.05, 3.63) is 35.4 Å². The van der Waals surface area contributed by atoms with Crippen molar-refractivity contribution < 1.29 is 19.4 Å². The van der Waals surface area contributed by atoms with Gasteiger partial charge in [-0.3, -0.25) is 4.79 Å². The minimum Gasteiger partial charge on any atom is -0.493 e. The van der Waals surface area contributed by atoms with Gasteiger partial charge in [0.1, 0.15) is 6.10 Å². The average molecular weight is 260 g/mol. The smallest absolute Gasteiger partial charge is 0.166 e. The number of carbonyl (C=O) groups excluding carboxylic acids is 1. The lowest BCUT2D eigenvalue weighted by atomic mass is 9.72. The van der Waals surface area contributed by atoms with E-state index >= 15 is 0 Å². The third kappa shape index (κ3) is 1.53. The van der Waals surface area contributed by atoms with E-state index in [0.717, 1.165) is 24.7 Å². The largest absolute Gasteiger partial charge is 0.493 e. The molecule has 2 aliphatic rings. The Morgan fingerprint density at radius 3 is 3.11 bits per heavy atom. The molecule has 4 nitrogen and oxygen atoms in total. The first kappa shape index (κ1) is 12.2. The van der Waals surface area contributed by atoms with Gasteiger partial charge in [-0.2, -0.15) is 0 Å². The van der Waals surface area contributed by atoms with Crippen molar-refractivity contribution in [3.8, 4) is 11.5 Å². The maximum absolute atomic E-state index is 11.3. The molecule has 1 aromatic carbocycles. The number of allylic oxidation sites excluding steroid dienone is 1. The van der Waals surface area contributed by atoms with Crippen molar-refractivity contribution in [2.45, 2.75) is 24.4 Å². The fourth-order valence-electron chi connectivity index (χ4n) is 3.13. The number of carbonyl (C=O) groups is 1. The van der Waals surface area contributed by atoms with E-state index in [2.05, 4.69) is 0 Å². The first-order chi connectivity index (χ1) is 9.26. The van der Waals surface area contributed by atoms with Gasteiger partial charge in [-0.1, -0.05) is 12.2 Å². The second kappa shape index (κ2) is 4.38. The van der Waals surface area contributed by atoms with Gasteiger partial charge in [0, 0.05) is 11.1 Å². The molecule has 1 aromatic rings. The Labute approximate surface area is 111 Å². The van der Waals surface area contributed by atoms with E-state index in [0.29, 0.717) is 17.1 Å². The second-order valence-electron chi connectivity index (χ2n) is 4.96. The van der Waals surface area contributed by atoms with Crippen molar-refractivity contribution in [2.75, 3.05) is 13.7 Å². The van der Waals surface area contributed by atoms with Crippen molar-refractivity contribution in [2.24, 2.45) is 0 Å². The zero-order chi connectivity index (χ0) is 13.5. The molecule has 0 fully saturated rings. The number of methoxy groups -OCH3 is 1. The minimum absolute atomic E-state index is 0.0742. The molecule has 1 aliphatic heterocycles. The van der Waals surface area contributed by atoms with Crippen LogP contribution in [0.5, 0.6) is 11.5 Å². The van der Waals surface area contributed by atoms with Crippen molar-refractivity contribution >= 4 is 6.29 Å². The van der Waals surface area contributed by atoms with Crippen LogP contribution in [0.1, 0.15) is 28.8 Å². The number of hydrogen-bond acceptors (Lipinski definition) is 4. The molecule has 0 bridgehead atoms. The van der Waals surface area contributed by atoms with E-state index in [4.69, 9.17) is 9.47 Å². The zero-order valence-corrected chi connectivity index (χ0v) is 10.8. The Morgan fingerprint density at radius 2 is 2.42 bits per heavy atom. The second-order valence-corrected chi connectivity index (χ2v) is 4.96. The third-order valence-electron chi connectivity index (χ3n) is 4.07. The Balaban J connectivity index is 2.28. The Hall–Kier alpha value is -1.81. The predicted octanol–water partition coefficient (Wildman–Crippen LogP) is 1.85. The third-order valence-corrected chi connectivity index (χ3v) is 4.07. The molecule has 3 rings (SSSR count). The topological polar surface area (TPSA) is 55.8 Å². The summed E-state index contributed by atoms with van der Waals surface area (Å²) in [6.07, 6.45) is 6.43. The predicted molar refractivity (Wildman–Crippen MR) is 69.9 cm³/mol. The molecule has 0 amide bonds. The van der Waals surface area contributed by atoms with Crippen LogP contribution in [0.15, 0.2) is 24.3 Å². The molecule has 0 aromatic heterocycles. The molecular weight excluding hydrogens is 244 g/mol. The van der Waals surface area contributed by atoms with Crippen LogP contribution < -0.4 is 9.47 Å².